The molecule has 0 spiro atoms. The molecule has 2 heterocycles. The molecule has 1 aliphatic heterocycles. The van der Waals surface area contributed by atoms with E-state index in [0.29, 0.717) is 29.2 Å². The maximum atomic E-state index is 13.6. The molecule has 1 aromatic heterocycles. The molecule has 33 heavy (non-hydrogen) atoms. The summed E-state index contributed by atoms with van der Waals surface area (Å²) in [4.78, 5) is 19.7. The van der Waals surface area contributed by atoms with Gasteiger partial charge in [-0.2, -0.15) is 0 Å². The molecular weight excluding hydrogens is 414 g/mol. The molecule has 0 bridgehead atoms. The molecule has 170 valence electrons. The highest BCUT2D eigenvalue weighted by Crippen LogP contribution is 2.36. The van der Waals surface area contributed by atoms with E-state index in [1.165, 1.54) is 6.21 Å². The van der Waals surface area contributed by atoms with Crippen molar-refractivity contribution >= 4 is 17.8 Å². The van der Waals surface area contributed by atoms with Gasteiger partial charge in [0.15, 0.2) is 6.21 Å². The summed E-state index contributed by atoms with van der Waals surface area (Å²) in [6.07, 6.45) is 4.81. The highest BCUT2D eigenvalue weighted by Gasteiger charge is 2.36. The Balaban J connectivity index is 1.70. The van der Waals surface area contributed by atoms with E-state index >= 15 is 0 Å². The number of benzene rings is 2. The lowest BCUT2D eigenvalue weighted by molar-refractivity contribution is -0.104. The highest BCUT2D eigenvalue weighted by molar-refractivity contribution is 5.96. The fourth-order valence-corrected chi connectivity index (χ4v) is 4.30. The average molecular weight is 445 g/mol. The van der Waals surface area contributed by atoms with Gasteiger partial charge in [0.05, 0.1) is 23.9 Å². The number of carbonyl (C=O) groups is 1. The van der Waals surface area contributed by atoms with Gasteiger partial charge in [-0.3, -0.25) is 15.2 Å². The van der Waals surface area contributed by atoms with E-state index in [-0.39, 0.29) is 17.9 Å². The van der Waals surface area contributed by atoms with Crippen LogP contribution in [0.3, 0.4) is 0 Å². The topological polar surface area (TPSA) is 106 Å². The van der Waals surface area contributed by atoms with Crippen molar-refractivity contribution in [3.8, 4) is 16.9 Å². The zero-order chi connectivity index (χ0) is 23.4. The molecule has 1 fully saturated rings. The molecule has 1 saturated heterocycles. The van der Waals surface area contributed by atoms with Crippen LogP contribution in [0.1, 0.15) is 34.5 Å². The number of rotatable bonds is 8. The van der Waals surface area contributed by atoms with Crippen molar-refractivity contribution in [2.45, 2.75) is 13.0 Å². The monoisotopic (exact) mass is 444 g/mol. The lowest BCUT2D eigenvalue weighted by atomic mass is 9.86. The third-order valence-corrected chi connectivity index (χ3v) is 6.16. The first-order chi connectivity index (χ1) is 16.0. The van der Waals surface area contributed by atoms with E-state index in [9.17, 15) is 4.79 Å². The SMILES string of the molecule is CCOc1cc(C(=O)N(C)[C@@H](c2cncc(C=[NH2+])c2N)C2CNC2)ccc1-c1ccccc1. The van der Waals surface area contributed by atoms with Crippen molar-refractivity contribution in [2.75, 3.05) is 32.5 Å². The van der Waals surface area contributed by atoms with Crippen LogP contribution >= 0.6 is 0 Å². The summed E-state index contributed by atoms with van der Waals surface area (Å²) in [7, 11) is 1.81. The Labute approximate surface area is 194 Å². The van der Waals surface area contributed by atoms with Crippen LogP contribution in [0.15, 0.2) is 60.9 Å². The van der Waals surface area contributed by atoms with E-state index in [1.54, 1.807) is 17.3 Å². The third-order valence-electron chi connectivity index (χ3n) is 6.16. The Morgan fingerprint density at radius 2 is 2.03 bits per heavy atom. The Morgan fingerprint density at radius 3 is 2.67 bits per heavy atom. The van der Waals surface area contributed by atoms with Crippen molar-refractivity contribution in [2.24, 2.45) is 5.92 Å². The van der Waals surface area contributed by atoms with E-state index in [0.717, 1.165) is 29.8 Å². The molecule has 1 atom stereocenters. The number of pyridine rings is 1. The molecule has 5 N–H and O–H groups in total. The number of nitrogens with zero attached hydrogens (tertiary/aromatic N) is 2. The molecule has 0 radical (unpaired) electrons. The first-order valence-corrected chi connectivity index (χ1v) is 11.1. The van der Waals surface area contributed by atoms with Crippen LogP contribution in [-0.4, -0.2) is 48.7 Å². The first-order valence-electron chi connectivity index (χ1n) is 11.1. The van der Waals surface area contributed by atoms with Gasteiger partial charge >= 0.3 is 0 Å². The van der Waals surface area contributed by atoms with Crippen molar-refractivity contribution in [3.05, 3.63) is 77.6 Å². The number of amides is 1. The molecule has 7 nitrogen and oxygen atoms in total. The van der Waals surface area contributed by atoms with Crippen molar-refractivity contribution in [3.63, 3.8) is 0 Å². The minimum atomic E-state index is -0.226. The minimum absolute atomic E-state index is 0.103. The van der Waals surface area contributed by atoms with Gasteiger partial charge in [0.2, 0.25) is 0 Å². The summed E-state index contributed by atoms with van der Waals surface area (Å²) in [5.41, 5.74) is 11.0. The Bertz CT molecular complexity index is 1140. The van der Waals surface area contributed by atoms with Gasteiger partial charge in [-0.25, -0.2) is 0 Å². The maximum Gasteiger partial charge on any atom is 0.254 e. The Morgan fingerprint density at radius 1 is 1.27 bits per heavy atom. The quantitative estimate of drug-likeness (QED) is 0.461. The predicted octanol–water partition coefficient (Wildman–Crippen LogP) is 1.94. The summed E-state index contributed by atoms with van der Waals surface area (Å²) >= 11 is 0. The van der Waals surface area contributed by atoms with Crippen LogP contribution in [0.25, 0.3) is 11.1 Å². The number of ether oxygens (including phenoxy) is 1. The molecular formula is C26H30N5O2+. The van der Waals surface area contributed by atoms with E-state index in [1.807, 2.05) is 62.5 Å². The molecule has 1 amide bonds. The molecule has 0 unspecified atom stereocenters. The lowest BCUT2D eigenvalue weighted by Gasteiger charge is -2.40. The first kappa shape index (κ1) is 22.5. The van der Waals surface area contributed by atoms with Gasteiger partial charge < -0.3 is 20.7 Å². The molecule has 3 aromatic rings. The normalized spacial score (nSPS) is 14.2. The second-order valence-electron chi connectivity index (χ2n) is 8.19. The van der Waals surface area contributed by atoms with Crippen LogP contribution in [0.5, 0.6) is 5.75 Å². The number of anilines is 1. The van der Waals surface area contributed by atoms with Gasteiger partial charge in [0, 0.05) is 55.1 Å². The molecule has 1 aliphatic rings. The summed E-state index contributed by atoms with van der Waals surface area (Å²) in [5.74, 6) is 0.811. The van der Waals surface area contributed by atoms with Crippen LogP contribution in [0.2, 0.25) is 0 Å². The number of nitrogen functional groups attached to an aromatic ring is 1. The number of nitrogens with two attached hydrogens (primary N) is 2. The lowest BCUT2D eigenvalue weighted by Crippen LogP contribution is -2.50. The van der Waals surface area contributed by atoms with Gasteiger partial charge in [0.1, 0.15) is 5.75 Å². The largest absolute Gasteiger partial charge is 0.493 e. The summed E-state index contributed by atoms with van der Waals surface area (Å²) in [5, 5.41) is 9.02. The Kier molecular flexibility index (Phi) is 6.70. The van der Waals surface area contributed by atoms with E-state index in [2.05, 4.69) is 10.3 Å². The number of hydrogen-bond acceptors (Lipinski definition) is 5. The van der Waals surface area contributed by atoms with Crippen LogP contribution in [0.4, 0.5) is 5.69 Å². The molecule has 2 aromatic carbocycles. The van der Waals surface area contributed by atoms with Gasteiger partial charge in [-0.05, 0) is 30.7 Å². The standard InChI is InChI=1S/C26H29N5O2/c1-3-33-23-11-18(9-10-21(23)17-7-5-4-6-8-17)26(32)31(2)25(20-14-29-15-20)22-16-30-13-19(12-27)24(22)28/h4-13,16,20,25,27,29H,3,14-15H2,1-2H3,(H2,28,30)/p+1/t25-/m1/s1. The zero-order valence-corrected chi connectivity index (χ0v) is 19.0. The number of aromatic nitrogens is 1. The van der Waals surface area contributed by atoms with E-state index in [4.69, 9.17) is 15.9 Å². The molecule has 7 heteroatoms. The molecule has 0 aliphatic carbocycles. The second kappa shape index (κ2) is 9.83. The predicted molar refractivity (Wildman–Crippen MR) is 130 cm³/mol. The van der Waals surface area contributed by atoms with Crippen molar-refractivity contribution in [1.29, 1.82) is 0 Å². The summed E-state index contributed by atoms with van der Waals surface area (Å²) in [6.45, 7) is 4.05. The van der Waals surface area contributed by atoms with E-state index < -0.39 is 0 Å². The number of hydrogen-bond donors (Lipinski definition) is 3. The highest BCUT2D eigenvalue weighted by atomic mass is 16.5. The van der Waals surface area contributed by atoms with Crippen molar-refractivity contribution < 1.29 is 14.9 Å². The fourth-order valence-electron chi connectivity index (χ4n) is 4.30. The smallest absolute Gasteiger partial charge is 0.254 e. The fraction of sp³-hybridized carbons (Fsp3) is 0.269. The molecule has 0 saturated carbocycles. The van der Waals surface area contributed by atoms with Crippen LogP contribution < -0.4 is 21.2 Å². The van der Waals surface area contributed by atoms with Crippen LogP contribution in [-0.2, 0) is 0 Å². The van der Waals surface area contributed by atoms with Gasteiger partial charge in [-0.15, -0.1) is 0 Å². The van der Waals surface area contributed by atoms with Gasteiger partial charge in [0.25, 0.3) is 5.91 Å². The van der Waals surface area contributed by atoms with Gasteiger partial charge in [-0.1, -0.05) is 30.3 Å². The minimum Gasteiger partial charge on any atom is -0.493 e. The van der Waals surface area contributed by atoms with Crippen LogP contribution in [0, 0.1) is 5.92 Å². The van der Waals surface area contributed by atoms with Crippen molar-refractivity contribution in [1.82, 2.24) is 15.2 Å². The second-order valence-corrected chi connectivity index (χ2v) is 8.19. The number of carbonyl (C=O) groups excluding carboxylic acids is 1. The number of nitrogens with one attached hydrogen (secondary N) is 1. The summed E-state index contributed by atoms with van der Waals surface area (Å²) < 4.78 is 5.91. The average Bonchev–Trinajstić information content (AvgIpc) is 2.81. The Hall–Kier alpha value is -3.71. The third kappa shape index (κ3) is 4.45. The molecule has 4 rings (SSSR count). The summed E-state index contributed by atoms with van der Waals surface area (Å²) in [6, 6.07) is 15.4. The maximum absolute atomic E-state index is 13.6. The zero-order valence-electron chi connectivity index (χ0n) is 19.0.